The number of unbranched alkanes of at least 4 members (excludes halogenated alkanes) is 1. The second-order valence-corrected chi connectivity index (χ2v) is 10.6. The van der Waals surface area contributed by atoms with E-state index in [0.29, 0.717) is 30.6 Å². The number of piperidine rings is 1. The molecule has 5 nitrogen and oxygen atoms in total. The summed E-state index contributed by atoms with van der Waals surface area (Å²) >= 11 is 0. The molecule has 0 spiro atoms. The molecule has 2 fully saturated rings. The van der Waals surface area contributed by atoms with Crippen LogP contribution in [-0.4, -0.2) is 49.2 Å². The molecule has 4 rings (SSSR count). The molecule has 210 valence electrons. The third-order valence-corrected chi connectivity index (χ3v) is 7.10. The Morgan fingerprint density at radius 2 is 1.71 bits per heavy atom. The highest BCUT2D eigenvalue weighted by Crippen LogP contribution is 2.48. The van der Waals surface area contributed by atoms with E-state index in [4.69, 9.17) is 19.0 Å². The number of halogens is 4. The molecule has 2 saturated heterocycles. The molecule has 1 unspecified atom stereocenters. The summed E-state index contributed by atoms with van der Waals surface area (Å²) in [5.74, 6) is -1.74. The Hall–Kier alpha value is -2.04. The van der Waals surface area contributed by atoms with Crippen LogP contribution in [0.3, 0.4) is 0 Å². The molecular weight excluding hydrogens is 502 g/mol. The maximum atomic E-state index is 15.3. The molecular formula is C29H37F4NO4. The molecule has 0 aliphatic carbocycles. The van der Waals surface area contributed by atoms with E-state index in [-0.39, 0.29) is 37.1 Å². The Labute approximate surface area is 222 Å². The van der Waals surface area contributed by atoms with Crippen molar-refractivity contribution in [2.75, 3.05) is 26.4 Å². The summed E-state index contributed by atoms with van der Waals surface area (Å²) < 4.78 is 77.1. The maximum absolute atomic E-state index is 15.3. The molecule has 2 aliphatic rings. The second kappa shape index (κ2) is 12.0. The van der Waals surface area contributed by atoms with Crippen LogP contribution in [0.1, 0.15) is 76.7 Å². The predicted octanol–water partition coefficient (Wildman–Crippen LogP) is 7.36. The summed E-state index contributed by atoms with van der Waals surface area (Å²) in [6, 6.07) is 5.61. The lowest BCUT2D eigenvalue weighted by Crippen LogP contribution is -2.58. The number of hydroxylamine groups is 2. The van der Waals surface area contributed by atoms with Gasteiger partial charge in [-0.15, -0.1) is 5.06 Å². The van der Waals surface area contributed by atoms with Crippen molar-refractivity contribution in [2.45, 2.75) is 83.3 Å². The van der Waals surface area contributed by atoms with Crippen molar-refractivity contribution < 1.29 is 36.6 Å². The van der Waals surface area contributed by atoms with Crippen molar-refractivity contribution in [1.29, 1.82) is 0 Å². The minimum absolute atomic E-state index is 0.187. The molecule has 0 saturated carbocycles. The maximum Gasteiger partial charge on any atom is 0.326 e. The summed E-state index contributed by atoms with van der Waals surface area (Å²) in [4.78, 5) is 5.47. The number of alkyl halides is 2. The summed E-state index contributed by atoms with van der Waals surface area (Å²) in [6.45, 7) is 8.60. The van der Waals surface area contributed by atoms with Gasteiger partial charge in [-0.2, -0.15) is 8.78 Å². The molecule has 2 heterocycles. The Kier molecular flexibility index (Phi) is 9.15. The van der Waals surface area contributed by atoms with Gasteiger partial charge in [0, 0.05) is 29.7 Å². The summed E-state index contributed by atoms with van der Waals surface area (Å²) in [5, 5.41) is 0.817. The Morgan fingerprint density at radius 1 is 0.974 bits per heavy atom. The van der Waals surface area contributed by atoms with E-state index < -0.39 is 41.8 Å². The van der Waals surface area contributed by atoms with Gasteiger partial charge in [-0.05, 0) is 62.8 Å². The highest BCUT2D eigenvalue weighted by Gasteiger charge is 2.53. The van der Waals surface area contributed by atoms with Crippen molar-refractivity contribution in [2.24, 2.45) is 0 Å². The Balaban J connectivity index is 1.48. The molecule has 0 radical (unpaired) electrons. The number of benzene rings is 2. The lowest BCUT2D eigenvalue weighted by Gasteiger charge is -2.48. The molecule has 0 amide bonds. The van der Waals surface area contributed by atoms with E-state index in [2.05, 4.69) is 0 Å². The van der Waals surface area contributed by atoms with E-state index in [0.717, 1.165) is 11.5 Å². The van der Waals surface area contributed by atoms with Crippen molar-refractivity contribution >= 4 is 0 Å². The van der Waals surface area contributed by atoms with Crippen molar-refractivity contribution in [3.8, 4) is 11.1 Å². The largest absolute Gasteiger partial charge is 0.374 e. The lowest BCUT2D eigenvalue weighted by atomic mass is 9.79. The van der Waals surface area contributed by atoms with Crippen LogP contribution in [0.2, 0.25) is 0 Å². The molecule has 1 atom stereocenters. The first-order valence-electron chi connectivity index (χ1n) is 13.3. The van der Waals surface area contributed by atoms with Crippen LogP contribution < -0.4 is 0 Å². The van der Waals surface area contributed by atoms with E-state index >= 15 is 13.2 Å². The summed E-state index contributed by atoms with van der Waals surface area (Å²) in [6.07, 6.45) is 0.374. The fraction of sp³-hybridized carbons (Fsp3) is 0.586. The van der Waals surface area contributed by atoms with E-state index in [1.54, 1.807) is 26.0 Å². The first-order chi connectivity index (χ1) is 18.1. The Bertz CT molecular complexity index is 1070. The number of hydrogen-bond donors (Lipinski definition) is 0. The lowest BCUT2D eigenvalue weighted by molar-refractivity contribution is -0.370. The predicted molar refractivity (Wildman–Crippen MR) is 136 cm³/mol. The number of hydrogen-bond acceptors (Lipinski definition) is 5. The zero-order chi connectivity index (χ0) is 27.5. The topological polar surface area (TPSA) is 40.2 Å². The van der Waals surface area contributed by atoms with Gasteiger partial charge in [-0.1, -0.05) is 37.6 Å². The summed E-state index contributed by atoms with van der Waals surface area (Å²) in [7, 11) is 0. The normalized spacial score (nSPS) is 25.4. The van der Waals surface area contributed by atoms with Crippen LogP contribution in [0, 0.1) is 11.6 Å². The molecule has 2 aliphatic heterocycles. The molecule has 2 aromatic carbocycles. The quantitative estimate of drug-likeness (QED) is 0.189. The highest BCUT2D eigenvalue weighted by atomic mass is 19.3. The first kappa shape index (κ1) is 29.0. The van der Waals surface area contributed by atoms with Gasteiger partial charge in [-0.3, -0.25) is 4.84 Å². The van der Waals surface area contributed by atoms with Gasteiger partial charge in [0.25, 0.3) is 0 Å². The zero-order valence-electron chi connectivity index (χ0n) is 22.4. The van der Waals surface area contributed by atoms with E-state index in [1.807, 2.05) is 13.8 Å². The Morgan fingerprint density at radius 3 is 2.32 bits per heavy atom. The molecule has 0 aromatic heterocycles. The van der Waals surface area contributed by atoms with Gasteiger partial charge in [0.15, 0.2) is 6.29 Å². The molecule has 38 heavy (non-hydrogen) atoms. The molecule has 0 N–H and O–H groups in total. The SMILES string of the molecule is CCCCON1C(C)(C)CC(c2ccc(-c3ccc(C4OCC(OCC)CO4)c(F)c3)c(F)c2)CC1(F)F. The van der Waals surface area contributed by atoms with Crippen LogP contribution in [-0.2, 0) is 19.0 Å². The smallest absolute Gasteiger partial charge is 0.326 e. The highest BCUT2D eigenvalue weighted by molar-refractivity contribution is 5.65. The van der Waals surface area contributed by atoms with Gasteiger partial charge >= 0.3 is 6.05 Å². The number of ether oxygens (including phenoxy) is 3. The van der Waals surface area contributed by atoms with Crippen LogP contribution in [0.5, 0.6) is 0 Å². The van der Waals surface area contributed by atoms with Crippen LogP contribution in [0.25, 0.3) is 11.1 Å². The van der Waals surface area contributed by atoms with E-state index in [1.165, 1.54) is 24.3 Å². The number of nitrogens with zero attached hydrogens (tertiary/aromatic N) is 1. The monoisotopic (exact) mass is 539 g/mol. The zero-order valence-corrected chi connectivity index (χ0v) is 22.4. The third kappa shape index (κ3) is 6.39. The fourth-order valence-electron chi connectivity index (χ4n) is 5.29. The van der Waals surface area contributed by atoms with Gasteiger partial charge in [0.1, 0.15) is 17.7 Å². The van der Waals surface area contributed by atoms with Crippen LogP contribution in [0.4, 0.5) is 17.6 Å². The van der Waals surface area contributed by atoms with Crippen molar-refractivity contribution in [1.82, 2.24) is 5.06 Å². The van der Waals surface area contributed by atoms with Gasteiger partial charge in [-0.25, -0.2) is 8.78 Å². The third-order valence-electron chi connectivity index (χ3n) is 7.10. The van der Waals surface area contributed by atoms with Crippen molar-refractivity contribution in [3.05, 3.63) is 59.2 Å². The summed E-state index contributed by atoms with van der Waals surface area (Å²) in [5.41, 5.74) is 0.283. The average molecular weight is 540 g/mol. The fourth-order valence-corrected chi connectivity index (χ4v) is 5.29. The molecule has 2 aromatic rings. The standard InChI is InChI=1S/C29H37F4NO4/c1-5-7-12-38-34-28(3,4)15-21(16-29(34,32)33)19-8-10-23(25(30)13-19)20-9-11-24(26(31)14-20)27-36-17-22(18-37-27)35-6-2/h8-11,13-14,21-22,27H,5-7,12,15-18H2,1-4H3. The van der Waals surface area contributed by atoms with Crippen LogP contribution >= 0.6 is 0 Å². The van der Waals surface area contributed by atoms with Gasteiger partial charge < -0.3 is 14.2 Å². The van der Waals surface area contributed by atoms with E-state index in [9.17, 15) is 4.39 Å². The average Bonchev–Trinajstić information content (AvgIpc) is 2.86. The van der Waals surface area contributed by atoms with Crippen molar-refractivity contribution in [3.63, 3.8) is 0 Å². The van der Waals surface area contributed by atoms with Gasteiger partial charge in [0.05, 0.1) is 19.8 Å². The molecule has 9 heteroatoms. The second-order valence-electron chi connectivity index (χ2n) is 10.6. The minimum Gasteiger partial charge on any atom is -0.374 e. The van der Waals surface area contributed by atoms with Gasteiger partial charge in [0.2, 0.25) is 0 Å². The minimum atomic E-state index is -3.19. The first-order valence-corrected chi connectivity index (χ1v) is 13.3. The number of rotatable bonds is 9. The molecule has 0 bridgehead atoms. The van der Waals surface area contributed by atoms with Crippen LogP contribution in [0.15, 0.2) is 36.4 Å².